The zero-order valence-electron chi connectivity index (χ0n) is 7.05. The highest BCUT2D eigenvalue weighted by molar-refractivity contribution is 5.87. The Morgan fingerprint density at radius 1 is 1.20 bits per heavy atom. The van der Waals surface area contributed by atoms with Gasteiger partial charge in [-0.15, -0.1) is 0 Å². The topological polar surface area (TPSA) is 24.7 Å². The first-order chi connectivity index (χ1) is 4.70. The van der Waals surface area contributed by atoms with Crippen LogP contribution in [0.3, 0.4) is 0 Å². The molecular weight excluding hydrogens is 124 g/mol. The molecule has 0 aromatic heterocycles. The van der Waals surface area contributed by atoms with Gasteiger partial charge in [-0.05, 0) is 27.7 Å². The Labute approximate surface area is 62.4 Å². The summed E-state index contributed by atoms with van der Waals surface area (Å²) in [5, 5.41) is 0. The minimum Gasteiger partial charge on any atom is -0.246 e. The molecule has 56 valence electrons. The molecule has 0 radical (unpaired) electrons. The summed E-state index contributed by atoms with van der Waals surface area (Å²) < 4.78 is 0. The summed E-state index contributed by atoms with van der Waals surface area (Å²) in [5.41, 5.74) is 1.00. The summed E-state index contributed by atoms with van der Waals surface area (Å²) in [7, 11) is 0. The number of hydrogen-bond acceptors (Lipinski definition) is 1. The molecule has 10 heavy (non-hydrogen) atoms. The van der Waals surface area contributed by atoms with Gasteiger partial charge in [-0.3, -0.25) is 0 Å². The molecule has 0 rings (SSSR count). The van der Waals surface area contributed by atoms with Crippen LogP contribution in [0, 0.1) is 0 Å². The van der Waals surface area contributed by atoms with Crippen LogP contribution >= 0.6 is 0 Å². The third-order valence-electron chi connectivity index (χ3n) is 1.07. The standard InChI is InChI=1S/C8H14N2/c1-5-7(3)10-8(4)9-6-2/h5-6H,1-4H3/b7-5-,9-6?,10-8?. The maximum Gasteiger partial charge on any atom is 0.125 e. The number of rotatable bonds is 1. The lowest BCUT2D eigenvalue weighted by Crippen LogP contribution is -1.85. The first kappa shape index (κ1) is 9.08. The van der Waals surface area contributed by atoms with Crippen molar-refractivity contribution in [3.05, 3.63) is 11.8 Å². The van der Waals surface area contributed by atoms with Gasteiger partial charge in [-0.2, -0.15) is 0 Å². The molecule has 0 aliphatic heterocycles. The number of amidine groups is 1. The van der Waals surface area contributed by atoms with Gasteiger partial charge in [0.1, 0.15) is 5.84 Å². The summed E-state index contributed by atoms with van der Waals surface area (Å²) in [6.07, 6.45) is 3.69. The van der Waals surface area contributed by atoms with Crippen LogP contribution in [0.1, 0.15) is 27.7 Å². The van der Waals surface area contributed by atoms with Crippen molar-refractivity contribution in [3.63, 3.8) is 0 Å². The molecule has 0 spiro atoms. The van der Waals surface area contributed by atoms with E-state index >= 15 is 0 Å². The molecule has 0 saturated carbocycles. The van der Waals surface area contributed by atoms with Gasteiger partial charge in [0.05, 0.1) is 0 Å². The summed E-state index contributed by atoms with van der Waals surface area (Å²) in [4.78, 5) is 8.16. The van der Waals surface area contributed by atoms with Crippen molar-refractivity contribution in [2.75, 3.05) is 0 Å². The predicted molar refractivity (Wildman–Crippen MR) is 46.7 cm³/mol. The van der Waals surface area contributed by atoms with Crippen LogP contribution in [0.5, 0.6) is 0 Å². The van der Waals surface area contributed by atoms with E-state index in [9.17, 15) is 0 Å². The third-order valence-corrected chi connectivity index (χ3v) is 1.07. The average Bonchev–Trinajstić information content (AvgIpc) is 1.88. The minimum absolute atomic E-state index is 0.804. The van der Waals surface area contributed by atoms with Crippen LogP contribution in [0.2, 0.25) is 0 Å². The van der Waals surface area contributed by atoms with Crippen LogP contribution in [0.15, 0.2) is 21.8 Å². The van der Waals surface area contributed by atoms with E-state index < -0.39 is 0 Å². The van der Waals surface area contributed by atoms with Gasteiger partial charge in [0, 0.05) is 11.9 Å². The van der Waals surface area contributed by atoms with Crippen molar-refractivity contribution >= 4 is 12.1 Å². The van der Waals surface area contributed by atoms with Crippen molar-refractivity contribution in [1.29, 1.82) is 0 Å². The smallest absolute Gasteiger partial charge is 0.125 e. The lowest BCUT2D eigenvalue weighted by molar-refractivity contribution is 1.26. The molecule has 0 unspecified atom stereocenters. The first-order valence-electron chi connectivity index (χ1n) is 3.37. The van der Waals surface area contributed by atoms with Crippen molar-refractivity contribution in [1.82, 2.24) is 0 Å². The molecule has 2 nitrogen and oxygen atoms in total. The molecule has 0 bridgehead atoms. The van der Waals surface area contributed by atoms with E-state index in [1.807, 2.05) is 33.8 Å². The molecule has 0 aromatic rings. The maximum atomic E-state index is 4.16. The molecule has 0 atom stereocenters. The molecule has 0 N–H and O–H groups in total. The molecule has 0 fully saturated rings. The van der Waals surface area contributed by atoms with Crippen LogP contribution in [0.25, 0.3) is 0 Å². The Morgan fingerprint density at radius 2 is 1.80 bits per heavy atom. The van der Waals surface area contributed by atoms with Gasteiger partial charge >= 0.3 is 0 Å². The number of allylic oxidation sites excluding steroid dienone is 2. The summed E-state index contributed by atoms with van der Waals surface area (Å²) >= 11 is 0. The Bertz CT molecular complexity index is 176. The summed E-state index contributed by atoms with van der Waals surface area (Å²) in [6.45, 7) is 7.67. The highest BCUT2D eigenvalue weighted by Gasteiger charge is 1.82. The molecular formula is C8H14N2. The number of aliphatic imine (C=N–C) groups is 2. The molecule has 0 heterocycles. The third kappa shape index (κ3) is 4.01. The predicted octanol–water partition coefficient (Wildman–Crippen LogP) is 2.42. The van der Waals surface area contributed by atoms with Crippen LogP contribution < -0.4 is 0 Å². The minimum atomic E-state index is 0.804. The van der Waals surface area contributed by atoms with Crippen LogP contribution in [-0.4, -0.2) is 12.1 Å². The second kappa shape index (κ2) is 4.91. The SMILES string of the molecule is CC=NC(C)=N/C(C)=C\C. The Kier molecular flexibility index (Phi) is 4.46. The fourth-order valence-electron chi connectivity index (χ4n) is 0.535. The Morgan fingerprint density at radius 3 is 2.20 bits per heavy atom. The lowest BCUT2D eigenvalue weighted by atomic mass is 10.5. The first-order valence-corrected chi connectivity index (χ1v) is 3.37. The highest BCUT2D eigenvalue weighted by atomic mass is 14.9. The van der Waals surface area contributed by atoms with E-state index in [4.69, 9.17) is 0 Å². The van der Waals surface area contributed by atoms with Crippen molar-refractivity contribution < 1.29 is 0 Å². The van der Waals surface area contributed by atoms with E-state index in [-0.39, 0.29) is 0 Å². The van der Waals surface area contributed by atoms with Crippen LogP contribution in [0.4, 0.5) is 0 Å². The van der Waals surface area contributed by atoms with Gasteiger partial charge in [0.2, 0.25) is 0 Å². The van der Waals surface area contributed by atoms with Crippen molar-refractivity contribution in [3.8, 4) is 0 Å². The number of nitrogens with zero attached hydrogens (tertiary/aromatic N) is 2. The normalized spacial score (nSPS) is 14.8. The van der Waals surface area contributed by atoms with Crippen molar-refractivity contribution in [2.45, 2.75) is 27.7 Å². The van der Waals surface area contributed by atoms with Crippen LogP contribution in [-0.2, 0) is 0 Å². The van der Waals surface area contributed by atoms with Gasteiger partial charge in [-0.25, -0.2) is 9.98 Å². The van der Waals surface area contributed by atoms with Gasteiger partial charge in [0.15, 0.2) is 0 Å². The molecule has 0 aliphatic rings. The second-order valence-corrected chi connectivity index (χ2v) is 1.98. The fourth-order valence-corrected chi connectivity index (χ4v) is 0.535. The molecule has 2 heteroatoms. The monoisotopic (exact) mass is 138 g/mol. The molecule has 0 aromatic carbocycles. The van der Waals surface area contributed by atoms with Gasteiger partial charge < -0.3 is 0 Å². The lowest BCUT2D eigenvalue weighted by Gasteiger charge is -1.90. The Hall–Kier alpha value is -0.920. The maximum absolute atomic E-state index is 4.16. The van der Waals surface area contributed by atoms with E-state index in [1.54, 1.807) is 6.21 Å². The Balaban J connectivity index is 4.16. The van der Waals surface area contributed by atoms with E-state index in [1.165, 1.54) is 0 Å². The van der Waals surface area contributed by atoms with E-state index in [0.29, 0.717) is 0 Å². The largest absolute Gasteiger partial charge is 0.246 e. The average molecular weight is 138 g/mol. The summed E-state index contributed by atoms with van der Waals surface area (Å²) in [5.74, 6) is 0.804. The molecule has 0 amide bonds. The number of hydrogen-bond donors (Lipinski definition) is 0. The fraction of sp³-hybridized carbons (Fsp3) is 0.500. The van der Waals surface area contributed by atoms with Gasteiger partial charge in [0.25, 0.3) is 0 Å². The zero-order valence-corrected chi connectivity index (χ0v) is 7.05. The molecule has 0 aliphatic carbocycles. The highest BCUT2D eigenvalue weighted by Crippen LogP contribution is 1.94. The molecule has 0 saturated heterocycles. The van der Waals surface area contributed by atoms with E-state index in [2.05, 4.69) is 9.98 Å². The zero-order chi connectivity index (χ0) is 7.98. The second-order valence-electron chi connectivity index (χ2n) is 1.98. The van der Waals surface area contributed by atoms with E-state index in [0.717, 1.165) is 11.5 Å². The van der Waals surface area contributed by atoms with Gasteiger partial charge in [-0.1, -0.05) is 6.08 Å². The van der Waals surface area contributed by atoms with Crippen molar-refractivity contribution in [2.24, 2.45) is 9.98 Å². The summed E-state index contributed by atoms with van der Waals surface area (Å²) in [6, 6.07) is 0. The quantitative estimate of drug-likeness (QED) is 0.392.